The molecule has 116 valence electrons. The van der Waals surface area contributed by atoms with Crippen LogP contribution in [0.2, 0.25) is 5.02 Å². The molecule has 0 unspecified atom stereocenters. The lowest BCUT2D eigenvalue weighted by atomic mass is 9.63. The van der Waals surface area contributed by atoms with Crippen LogP contribution in [0.3, 0.4) is 0 Å². The van der Waals surface area contributed by atoms with Gasteiger partial charge >= 0.3 is 0 Å². The third-order valence-electron chi connectivity index (χ3n) is 5.81. The van der Waals surface area contributed by atoms with Gasteiger partial charge in [-0.25, -0.2) is 0 Å². The molecule has 1 aromatic carbocycles. The van der Waals surface area contributed by atoms with E-state index in [0.717, 1.165) is 10.6 Å². The lowest BCUT2D eigenvalue weighted by molar-refractivity contribution is -0.140. The first kappa shape index (κ1) is 13.5. The fourth-order valence-electron chi connectivity index (χ4n) is 4.77. The lowest BCUT2D eigenvalue weighted by Gasteiger charge is -2.37. The second-order valence-electron chi connectivity index (χ2n) is 6.94. The second kappa shape index (κ2) is 4.54. The fraction of sp³-hybridized carbons (Fsp3) is 0.389. The van der Waals surface area contributed by atoms with Crippen LogP contribution in [0.4, 0.5) is 0 Å². The third-order valence-corrected chi connectivity index (χ3v) is 6.05. The van der Waals surface area contributed by atoms with Crippen LogP contribution in [0.1, 0.15) is 12.0 Å². The summed E-state index contributed by atoms with van der Waals surface area (Å²) in [7, 11) is 0. The highest BCUT2D eigenvalue weighted by Gasteiger charge is 2.67. The van der Waals surface area contributed by atoms with Crippen LogP contribution in [0.15, 0.2) is 41.5 Å². The number of halogens is 1. The van der Waals surface area contributed by atoms with Gasteiger partial charge in [0.15, 0.2) is 0 Å². The zero-order chi connectivity index (χ0) is 15.7. The van der Waals surface area contributed by atoms with E-state index in [0.29, 0.717) is 16.9 Å². The highest BCUT2D eigenvalue weighted by molar-refractivity contribution is 6.30. The summed E-state index contributed by atoms with van der Waals surface area (Å²) in [6.45, 7) is 0. The van der Waals surface area contributed by atoms with E-state index in [2.05, 4.69) is 17.3 Å². The largest absolute Gasteiger partial charge is 0.272 e. The first-order chi connectivity index (χ1) is 11.1. The molecule has 0 spiro atoms. The molecule has 5 aliphatic rings. The fourth-order valence-corrected chi connectivity index (χ4v) is 4.97. The Labute approximate surface area is 138 Å². The van der Waals surface area contributed by atoms with Crippen LogP contribution in [0, 0.1) is 35.5 Å². The molecule has 2 saturated carbocycles. The quantitative estimate of drug-likeness (QED) is 0.476. The predicted molar refractivity (Wildman–Crippen MR) is 85.6 cm³/mol. The molecule has 1 heterocycles. The molecule has 0 N–H and O–H groups in total. The molecule has 1 saturated heterocycles. The number of hydrogen-bond acceptors (Lipinski definition) is 3. The monoisotopic (exact) mass is 326 g/mol. The van der Waals surface area contributed by atoms with E-state index in [1.165, 1.54) is 12.6 Å². The van der Waals surface area contributed by atoms with E-state index in [4.69, 9.17) is 11.6 Å². The Morgan fingerprint density at radius 2 is 1.74 bits per heavy atom. The summed E-state index contributed by atoms with van der Waals surface area (Å²) in [5, 5.41) is 5.87. The average molecular weight is 327 g/mol. The molecule has 1 aliphatic heterocycles. The Hall–Kier alpha value is -1.94. The van der Waals surface area contributed by atoms with Crippen LogP contribution in [0.25, 0.3) is 0 Å². The van der Waals surface area contributed by atoms with E-state index in [1.807, 2.05) is 12.1 Å². The zero-order valence-electron chi connectivity index (χ0n) is 12.3. The summed E-state index contributed by atoms with van der Waals surface area (Å²) in [5.41, 5.74) is 0.775. The van der Waals surface area contributed by atoms with Crippen molar-refractivity contribution >= 4 is 29.6 Å². The number of rotatable bonds is 2. The van der Waals surface area contributed by atoms with Crippen molar-refractivity contribution in [1.29, 1.82) is 0 Å². The molecule has 0 aromatic heterocycles. The predicted octanol–water partition coefficient (Wildman–Crippen LogP) is 2.73. The van der Waals surface area contributed by atoms with Crippen LogP contribution >= 0.6 is 11.6 Å². The minimum absolute atomic E-state index is 0.136. The van der Waals surface area contributed by atoms with Crippen molar-refractivity contribution in [2.75, 3.05) is 0 Å². The molecule has 5 heteroatoms. The van der Waals surface area contributed by atoms with Crippen molar-refractivity contribution in [2.45, 2.75) is 6.42 Å². The third kappa shape index (κ3) is 1.81. The highest BCUT2D eigenvalue weighted by atomic mass is 35.5. The first-order valence-corrected chi connectivity index (χ1v) is 8.38. The van der Waals surface area contributed by atoms with E-state index >= 15 is 0 Å². The number of carbonyl (C=O) groups excluding carboxylic acids is 2. The summed E-state index contributed by atoms with van der Waals surface area (Å²) < 4.78 is 0. The SMILES string of the molecule is O=C1[C@@H]2[C@H]3C=C[C@@H]([C@@H]4C[C@@H]34)[C@H]2C(=O)N1/N=C\c1cccc(Cl)c1. The Morgan fingerprint density at radius 1 is 1.09 bits per heavy atom. The molecule has 0 radical (unpaired) electrons. The van der Waals surface area contributed by atoms with Gasteiger partial charge in [0.05, 0.1) is 18.1 Å². The van der Waals surface area contributed by atoms with Gasteiger partial charge in [-0.1, -0.05) is 35.9 Å². The number of hydrogen-bond donors (Lipinski definition) is 0. The molecule has 6 rings (SSSR count). The van der Waals surface area contributed by atoms with E-state index in [9.17, 15) is 9.59 Å². The minimum Gasteiger partial charge on any atom is -0.272 e. The maximum absolute atomic E-state index is 12.7. The maximum Gasteiger partial charge on any atom is 0.254 e. The Morgan fingerprint density at radius 3 is 2.35 bits per heavy atom. The van der Waals surface area contributed by atoms with Crippen molar-refractivity contribution in [3.63, 3.8) is 0 Å². The lowest BCUT2D eigenvalue weighted by Crippen LogP contribution is -2.40. The number of imide groups is 1. The molecule has 1 aromatic rings. The standard InChI is InChI=1S/C18H15ClN2O2/c19-10-3-1-2-9(6-10)8-20-21-17(22)15-11-4-5-12(14-7-13(11)14)16(15)18(21)23/h1-6,8,11-16H,7H2/b20-8-/t11-,12-,13-,14-,15+,16+/m0/s1. The summed E-state index contributed by atoms with van der Waals surface area (Å²) in [5.74, 6) is 1.02. The number of nitrogens with zero attached hydrogens (tertiary/aromatic N) is 2. The van der Waals surface area contributed by atoms with Gasteiger partial charge in [-0.05, 0) is 47.8 Å². The molecule has 2 amide bonds. The van der Waals surface area contributed by atoms with Gasteiger partial charge < -0.3 is 0 Å². The van der Waals surface area contributed by atoms with Gasteiger partial charge in [-0.3, -0.25) is 9.59 Å². The molecule has 6 atom stereocenters. The van der Waals surface area contributed by atoms with Gasteiger partial charge in [0.25, 0.3) is 11.8 Å². The molecular weight excluding hydrogens is 312 g/mol. The Balaban J connectivity index is 1.45. The number of hydrazone groups is 1. The summed E-state index contributed by atoms with van der Waals surface area (Å²) in [6.07, 6.45) is 7.03. The van der Waals surface area contributed by atoms with Crippen molar-refractivity contribution in [3.8, 4) is 0 Å². The van der Waals surface area contributed by atoms with Crippen LogP contribution in [0.5, 0.6) is 0 Å². The smallest absolute Gasteiger partial charge is 0.254 e. The number of carbonyl (C=O) groups is 2. The summed E-state index contributed by atoms with van der Waals surface area (Å²) >= 11 is 5.95. The molecular formula is C18H15ClN2O2. The van der Waals surface area contributed by atoms with Crippen molar-refractivity contribution in [3.05, 3.63) is 47.0 Å². The minimum atomic E-state index is -0.197. The van der Waals surface area contributed by atoms with Crippen LogP contribution in [-0.4, -0.2) is 23.0 Å². The maximum atomic E-state index is 12.7. The molecule has 23 heavy (non-hydrogen) atoms. The van der Waals surface area contributed by atoms with Crippen molar-refractivity contribution in [2.24, 2.45) is 40.6 Å². The van der Waals surface area contributed by atoms with Gasteiger partial charge in [0.1, 0.15) is 0 Å². The van der Waals surface area contributed by atoms with E-state index < -0.39 is 0 Å². The average Bonchev–Trinajstić information content (AvgIpc) is 3.32. The van der Waals surface area contributed by atoms with Crippen LogP contribution < -0.4 is 0 Å². The van der Waals surface area contributed by atoms with Gasteiger partial charge in [0.2, 0.25) is 0 Å². The molecule has 2 bridgehead atoms. The first-order valence-electron chi connectivity index (χ1n) is 8.01. The summed E-state index contributed by atoms with van der Waals surface area (Å²) in [6, 6.07) is 7.18. The topological polar surface area (TPSA) is 49.7 Å². The number of benzene rings is 1. The summed E-state index contributed by atoms with van der Waals surface area (Å²) in [4.78, 5) is 25.4. The normalized spacial score (nSPS) is 40.0. The number of allylic oxidation sites excluding steroid dienone is 2. The van der Waals surface area contributed by atoms with E-state index in [-0.39, 0.29) is 35.5 Å². The van der Waals surface area contributed by atoms with E-state index in [1.54, 1.807) is 12.1 Å². The molecule has 4 aliphatic carbocycles. The second-order valence-corrected chi connectivity index (χ2v) is 7.38. The van der Waals surface area contributed by atoms with Crippen molar-refractivity contribution in [1.82, 2.24) is 5.01 Å². The molecule has 4 nitrogen and oxygen atoms in total. The van der Waals surface area contributed by atoms with Gasteiger partial charge in [-0.15, -0.1) is 0 Å². The van der Waals surface area contributed by atoms with Gasteiger partial charge in [0, 0.05) is 5.02 Å². The Kier molecular flexibility index (Phi) is 2.66. The van der Waals surface area contributed by atoms with Crippen LogP contribution in [-0.2, 0) is 9.59 Å². The highest BCUT2D eigenvalue weighted by Crippen LogP contribution is 2.65. The number of amides is 2. The molecule has 3 fully saturated rings. The zero-order valence-corrected chi connectivity index (χ0v) is 13.1. The Bertz CT molecular complexity index is 751. The van der Waals surface area contributed by atoms with Gasteiger partial charge in [-0.2, -0.15) is 10.1 Å². The van der Waals surface area contributed by atoms with Crippen molar-refractivity contribution < 1.29 is 9.59 Å².